The average Bonchev–Trinajstić information content (AvgIpc) is 3.35. The van der Waals surface area contributed by atoms with Crippen molar-refractivity contribution in [1.29, 1.82) is 0 Å². The highest BCUT2D eigenvalue weighted by atomic mass is 16.3. The largest absolute Gasteiger partial charge is 0.507 e. The Morgan fingerprint density at radius 3 is 2.62 bits per heavy atom. The van der Waals surface area contributed by atoms with Crippen molar-refractivity contribution in [3.05, 3.63) is 72.4 Å². The van der Waals surface area contributed by atoms with Crippen LogP contribution in [0.4, 0.5) is 0 Å². The summed E-state index contributed by atoms with van der Waals surface area (Å²) >= 11 is 0. The molecule has 0 unspecified atom stereocenters. The number of rotatable bonds is 7. The predicted octanol–water partition coefficient (Wildman–Crippen LogP) is 3.19. The summed E-state index contributed by atoms with van der Waals surface area (Å²) in [6, 6.07) is 11.8. The van der Waals surface area contributed by atoms with E-state index in [1.54, 1.807) is 30.5 Å². The first-order valence-electron chi connectivity index (χ1n) is 8.54. The van der Waals surface area contributed by atoms with E-state index in [9.17, 15) is 15.0 Å². The quantitative estimate of drug-likeness (QED) is 0.683. The van der Waals surface area contributed by atoms with Crippen molar-refractivity contribution in [3.8, 4) is 11.4 Å². The zero-order valence-corrected chi connectivity index (χ0v) is 14.6. The van der Waals surface area contributed by atoms with Crippen LogP contribution in [0, 0.1) is 0 Å². The van der Waals surface area contributed by atoms with Crippen LogP contribution in [0.3, 0.4) is 0 Å². The smallest absolute Gasteiger partial charge is 0.258 e. The van der Waals surface area contributed by atoms with Gasteiger partial charge in [-0.15, -0.1) is 0 Å². The number of furan rings is 1. The van der Waals surface area contributed by atoms with Crippen molar-refractivity contribution in [1.82, 2.24) is 9.47 Å². The number of aliphatic hydroxyl groups is 1. The zero-order chi connectivity index (χ0) is 18.5. The molecule has 6 heteroatoms. The second kappa shape index (κ2) is 7.93. The van der Waals surface area contributed by atoms with Gasteiger partial charge in [0.2, 0.25) is 0 Å². The maximum absolute atomic E-state index is 13.2. The molecular weight excluding hydrogens is 332 g/mol. The third kappa shape index (κ3) is 3.65. The van der Waals surface area contributed by atoms with Crippen LogP contribution in [-0.4, -0.2) is 38.2 Å². The molecule has 0 fully saturated rings. The number of aromatic nitrogens is 1. The Morgan fingerprint density at radius 2 is 2.00 bits per heavy atom. The lowest BCUT2D eigenvalue weighted by Gasteiger charge is -2.29. The molecule has 6 nitrogen and oxygen atoms in total. The van der Waals surface area contributed by atoms with Crippen LogP contribution in [0.1, 0.15) is 29.5 Å². The van der Waals surface area contributed by atoms with Gasteiger partial charge in [-0.25, -0.2) is 0 Å². The fraction of sp³-hybridized carbons (Fsp3) is 0.250. The molecule has 2 aromatic heterocycles. The topological polar surface area (TPSA) is 78.8 Å². The molecule has 136 valence electrons. The monoisotopic (exact) mass is 354 g/mol. The minimum absolute atomic E-state index is 0.0943. The number of aliphatic hydroxyl groups excluding tert-OH is 1. The van der Waals surface area contributed by atoms with Gasteiger partial charge in [0.05, 0.1) is 31.0 Å². The van der Waals surface area contributed by atoms with Crippen molar-refractivity contribution in [2.24, 2.45) is 0 Å². The van der Waals surface area contributed by atoms with Gasteiger partial charge in [0.25, 0.3) is 5.91 Å². The Labute approximate surface area is 151 Å². The van der Waals surface area contributed by atoms with Crippen molar-refractivity contribution in [2.75, 3.05) is 6.61 Å². The summed E-state index contributed by atoms with van der Waals surface area (Å²) in [5.41, 5.74) is 0.959. The molecule has 0 aliphatic heterocycles. The van der Waals surface area contributed by atoms with Crippen LogP contribution >= 0.6 is 0 Å². The molecule has 0 aliphatic carbocycles. The van der Waals surface area contributed by atoms with Gasteiger partial charge in [-0.2, -0.15) is 0 Å². The number of phenolic OH excluding ortho intramolecular Hbond substituents is 1. The minimum Gasteiger partial charge on any atom is -0.507 e. The summed E-state index contributed by atoms with van der Waals surface area (Å²) in [7, 11) is 0. The van der Waals surface area contributed by atoms with Crippen LogP contribution in [0.2, 0.25) is 0 Å². The Morgan fingerprint density at radius 1 is 1.23 bits per heavy atom. The van der Waals surface area contributed by atoms with Crippen LogP contribution in [0.15, 0.2) is 65.5 Å². The SMILES string of the molecule is CC[C@H](CO)N(Cc1ccco1)C(=O)c1cc(-n2cccc2)ccc1O. The average molecular weight is 354 g/mol. The fourth-order valence-corrected chi connectivity index (χ4v) is 2.90. The van der Waals surface area contributed by atoms with Crippen molar-refractivity contribution in [2.45, 2.75) is 25.9 Å². The van der Waals surface area contributed by atoms with E-state index in [4.69, 9.17) is 4.42 Å². The molecule has 0 bridgehead atoms. The minimum atomic E-state index is -0.373. The van der Waals surface area contributed by atoms with Gasteiger partial charge < -0.3 is 24.1 Å². The normalized spacial score (nSPS) is 12.1. The molecular formula is C20H22N2O4. The summed E-state index contributed by atoms with van der Waals surface area (Å²) in [5, 5.41) is 20.0. The third-order valence-corrected chi connectivity index (χ3v) is 4.40. The lowest BCUT2D eigenvalue weighted by atomic mass is 10.1. The number of nitrogens with zero attached hydrogens (tertiary/aromatic N) is 2. The second-order valence-corrected chi connectivity index (χ2v) is 6.05. The highest BCUT2D eigenvalue weighted by Crippen LogP contribution is 2.25. The van der Waals surface area contributed by atoms with E-state index >= 15 is 0 Å². The number of phenols is 1. The van der Waals surface area contributed by atoms with Crippen LogP contribution in [0.25, 0.3) is 5.69 Å². The van der Waals surface area contributed by atoms with Crippen molar-refractivity contribution in [3.63, 3.8) is 0 Å². The van der Waals surface area contributed by atoms with Gasteiger partial charge in [0, 0.05) is 18.1 Å². The third-order valence-electron chi connectivity index (χ3n) is 4.40. The summed E-state index contributed by atoms with van der Waals surface area (Å²) < 4.78 is 7.22. The molecule has 2 N–H and O–H groups in total. The standard InChI is InChI=1S/C20H22N2O4/c1-2-15(14-23)22(13-17-6-5-11-26-17)20(25)18-12-16(7-8-19(18)24)21-9-3-4-10-21/h3-12,15,23-24H,2,13-14H2,1H3/t15-/m1/s1. The van der Waals surface area contributed by atoms with E-state index in [2.05, 4.69) is 0 Å². The molecule has 0 spiro atoms. The van der Waals surface area contributed by atoms with Crippen LogP contribution in [0.5, 0.6) is 5.75 Å². The Kier molecular flexibility index (Phi) is 5.43. The molecule has 1 amide bonds. The molecule has 3 rings (SSSR count). The van der Waals surface area contributed by atoms with Gasteiger partial charge in [0.15, 0.2) is 0 Å². The van der Waals surface area contributed by atoms with Crippen molar-refractivity contribution >= 4 is 5.91 Å². The Bertz CT molecular complexity index is 837. The predicted molar refractivity (Wildman–Crippen MR) is 97.2 cm³/mol. The molecule has 1 atom stereocenters. The number of carbonyl (C=O) groups is 1. The molecule has 0 saturated carbocycles. The summed E-state index contributed by atoms with van der Waals surface area (Å²) in [5.74, 6) is 0.170. The number of amides is 1. The number of aromatic hydroxyl groups is 1. The molecule has 3 aromatic rings. The number of hydrogen-bond donors (Lipinski definition) is 2. The molecule has 26 heavy (non-hydrogen) atoms. The molecule has 0 radical (unpaired) electrons. The zero-order valence-electron chi connectivity index (χ0n) is 14.6. The molecule has 2 heterocycles. The lowest BCUT2D eigenvalue weighted by Crippen LogP contribution is -2.41. The van der Waals surface area contributed by atoms with E-state index in [0.29, 0.717) is 12.2 Å². The second-order valence-electron chi connectivity index (χ2n) is 6.05. The number of hydrogen-bond acceptors (Lipinski definition) is 4. The van der Waals surface area contributed by atoms with Crippen LogP contribution in [-0.2, 0) is 6.54 Å². The number of carbonyl (C=O) groups excluding carboxylic acids is 1. The van der Waals surface area contributed by atoms with E-state index in [1.807, 2.05) is 36.0 Å². The van der Waals surface area contributed by atoms with Gasteiger partial charge in [-0.1, -0.05) is 6.92 Å². The summed E-state index contributed by atoms with van der Waals surface area (Å²) in [4.78, 5) is 14.7. The van der Waals surface area contributed by atoms with Gasteiger partial charge in [0.1, 0.15) is 11.5 Å². The molecule has 0 aliphatic rings. The molecule has 1 aromatic carbocycles. The van der Waals surface area contributed by atoms with Crippen molar-refractivity contribution < 1.29 is 19.4 Å². The summed E-state index contributed by atoms with van der Waals surface area (Å²) in [6.45, 7) is 1.96. The first-order chi connectivity index (χ1) is 12.6. The highest BCUT2D eigenvalue weighted by Gasteiger charge is 2.26. The van der Waals surface area contributed by atoms with Gasteiger partial charge in [-0.05, 0) is 48.9 Å². The highest BCUT2D eigenvalue weighted by molar-refractivity contribution is 5.97. The van der Waals surface area contributed by atoms with Crippen LogP contribution < -0.4 is 0 Å². The maximum atomic E-state index is 13.2. The molecule has 0 saturated heterocycles. The Hall–Kier alpha value is -2.99. The van der Waals surface area contributed by atoms with E-state index in [1.165, 1.54) is 11.0 Å². The van der Waals surface area contributed by atoms with Gasteiger partial charge >= 0.3 is 0 Å². The van der Waals surface area contributed by atoms with E-state index in [0.717, 1.165) is 5.69 Å². The fourth-order valence-electron chi connectivity index (χ4n) is 2.90. The van der Waals surface area contributed by atoms with Gasteiger partial charge in [-0.3, -0.25) is 4.79 Å². The number of benzene rings is 1. The van der Waals surface area contributed by atoms with E-state index < -0.39 is 0 Å². The summed E-state index contributed by atoms with van der Waals surface area (Å²) in [6.07, 6.45) is 5.86. The first-order valence-corrected chi connectivity index (χ1v) is 8.54. The first kappa shape index (κ1) is 17.8. The lowest BCUT2D eigenvalue weighted by molar-refractivity contribution is 0.0542. The van der Waals surface area contributed by atoms with E-state index in [-0.39, 0.29) is 36.4 Å². The maximum Gasteiger partial charge on any atom is 0.258 e. The Balaban J connectivity index is 1.96.